The monoisotopic (exact) mass is 192 g/mol. The highest BCUT2D eigenvalue weighted by Crippen LogP contribution is 2.32. The molecule has 0 radical (unpaired) electrons. The van der Waals surface area contributed by atoms with E-state index in [0.717, 1.165) is 0 Å². The van der Waals surface area contributed by atoms with Crippen LogP contribution in [0.15, 0.2) is 0 Å². The molecule has 5 heteroatoms. The second-order valence-corrected chi connectivity index (χ2v) is 3.17. The van der Waals surface area contributed by atoms with Gasteiger partial charge in [-0.1, -0.05) is 6.92 Å². The molecule has 0 bridgehead atoms. The Hall–Kier alpha value is -0.200. The molecule has 0 aliphatic carbocycles. The molecule has 1 heterocycles. The summed E-state index contributed by atoms with van der Waals surface area (Å²) in [6, 6.07) is 0. The molecule has 5 nitrogen and oxygen atoms in total. The summed E-state index contributed by atoms with van der Waals surface area (Å²) < 4.78 is 10.1. The molecule has 1 unspecified atom stereocenters. The van der Waals surface area contributed by atoms with Gasteiger partial charge in [-0.2, -0.15) is 0 Å². The molecule has 0 amide bonds. The Balaban J connectivity index is 2.79. The first-order valence-electron chi connectivity index (χ1n) is 4.31. The molecular formula is C8H16O5. The van der Waals surface area contributed by atoms with Gasteiger partial charge in [0.05, 0.1) is 6.10 Å². The topological polar surface area (TPSA) is 79.2 Å². The zero-order chi connectivity index (χ0) is 10.1. The van der Waals surface area contributed by atoms with E-state index in [-0.39, 0.29) is 0 Å². The van der Waals surface area contributed by atoms with Crippen LogP contribution in [0.4, 0.5) is 0 Å². The summed E-state index contributed by atoms with van der Waals surface area (Å²) in [7, 11) is 1.32. The SMILES string of the molecule is CCC1O[C@@](CO)(OC)[C@H](O)[C@H]1O. The lowest BCUT2D eigenvalue weighted by Crippen LogP contribution is -2.47. The smallest absolute Gasteiger partial charge is 0.221 e. The first-order chi connectivity index (χ1) is 6.11. The largest absolute Gasteiger partial charge is 0.391 e. The van der Waals surface area contributed by atoms with Gasteiger partial charge < -0.3 is 24.8 Å². The van der Waals surface area contributed by atoms with Gasteiger partial charge in [0.2, 0.25) is 5.79 Å². The average Bonchev–Trinajstić information content (AvgIpc) is 2.42. The number of hydrogen-bond donors (Lipinski definition) is 3. The van der Waals surface area contributed by atoms with Crippen molar-refractivity contribution in [3.63, 3.8) is 0 Å². The molecule has 3 N–H and O–H groups in total. The summed E-state index contributed by atoms with van der Waals surface area (Å²) in [5.74, 6) is -1.46. The minimum absolute atomic E-state index is 0.474. The van der Waals surface area contributed by atoms with Crippen LogP contribution >= 0.6 is 0 Å². The first-order valence-corrected chi connectivity index (χ1v) is 4.31. The van der Waals surface area contributed by atoms with E-state index in [1.807, 2.05) is 6.92 Å². The molecule has 0 aromatic heterocycles. The van der Waals surface area contributed by atoms with Crippen LogP contribution in [0.1, 0.15) is 13.3 Å². The molecule has 1 fully saturated rings. The molecule has 1 aliphatic heterocycles. The van der Waals surface area contributed by atoms with Crippen molar-refractivity contribution >= 4 is 0 Å². The van der Waals surface area contributed by atoms with E-state index < -0.39 is 30.7 Å². The summed E-state index contributed by atoms with van der Waals surface area (Å²) in [4.78, 5) is 0. The minimum Gasteiger partial charge on any atom is -0.391 e. The second kappa shape index (κ2) is 3.89. The van der Waals surface area contributed by atoms with Gasteiger partial charge in [-0.15, -0.1) is 0 Å². The Bertz CT molecular complexity index is 168. The molecule has 0 aromatic carbocycles. The highest BCUT2D eigenvalue weighted by molar-refractivity contribution is 4.95. The van der Waals surface area contributed by atoms with Crippen molar-refractivity contribution in [1.29, 1.82) is 0 Å². The maximum absolute atomic E-state index is 9.55. The number of hydrogen-bond acceptors (Lipinski definition) is 5. The molecule has 4 atom stereocenters. The molecule has 1 saturated heterocycles. The van der Waals surface area contributed by atoms with Crippen LogP contribution in [0.5, 0.6) is 0 Å². The lowest BCUT2D eigenvalue weighted by atomic mass is 10.0. The predicted octanol–water partition coefficient (Wildman–Crippen LogP) is -1.15. The van der Waals surface area contributed by atoms with Crippen LogP contribution in [-0.2, 0) is 9.47 Å². The van der Waals surface area contributed by atoms with Crippen LogP contribution in [0, 0.1) is 0 Å². The second-order valence-electron chi connectivity index (χ2n) is 3.17. The van der Waals surface area contributed by atoms with Crippen molar-refractivity contribution in [2.45, 2.75) is 37.4 Å². The van der Waals surface area contributed by atoms with Gasteiger partial charge in [0.1, 0.15) is 18.8 Å². The standard InChI is InChI=1S/C8H16O5/c1-3-5-6(10)7(11)8(4-9,12-2)13-5/h5-7,9-11H,3-4H2,1-2H3/t5?,6-,7+,8+/m0/s1. The van der Waals surface area contributed by atoms with E-state index in [9.17, 15) is 10.2 Å². The Morgan fingerprint density at radius 1 is 1.46 bits per heavy atom. The molecule has 0 aromatic rings. The van der Waals surface area contributed by atoms with Crippen LogP contribution in [0.2, 0.25) is 0 Å². The van der Waals surface area contributed by atoms with E-state index >= 15 is 0 Å². The van der Waals surface area contributed by atoms with E-state index in [1.54, 1.807) is 0 Å². The zero-order valence-electron chi connectivity index (χ0n) is 7.80. The molecule has 0 spiro atoms. The lowest BCUT2D eigenvalue weighted by molar-refractivity contribution is -0.261. The summed E-state index contributed by atoms with van der Waals surface area (Å²) in [5, 5.41) is 28.0. The average molecular weight is 192 g/mol. The van der Waals surface area contributed by atoms with Gasteiger partial charge in [-0.3, -0.25) is 0 Å². The fourth-order valence-corrected chi connectivity index (χ4v) is 1.55. The van der Waals surface area contributed by atoms with Crippen LogP contribution in [0.3, 0.4) is 0 Å². The normalized spacial score (nSPS) is 45.5. The quantitative estimate of drug-likeness (QED) is 0.526. The number of methoxy groups -OCH3 is 1. The van der Waals surface area contributed by atoms with Crippen molar-refractivity contribution in [2.24, 2.45) is 0 Å². The van der Waals surface area contributed by atoms with Crippen molar-refractivity contribution in [3.05, 3.63) is 0 Å². The first kappa shape index (κ1) is 10.9. The molecule has 1 rings (SSSR count). The van der Waals surface area contributed by atoms with Gasteiger partial charge in [0.15, 0.2) is 0 Å². The van der Waals surface area contributed by atoms with E-state index in [2.05, 4.69) is 0 Å². The number of ether oxygens (including phenoxy) is 2. The molecule has 0 saturated carbocycles. The third kappa shape index (κ3) is 1.58. The summed E-state index contributed by atoms with van der Waals surface area (Å²) in [6.45, 7) is 1.35. The van der Waals surface area contributed by atoms with Gasteiger partial charge >= 0.3 is 0 Å². The highest BCUT2D eigenvalue weighted by atomic mass is 16.7. The van der Waals surface area contributed by atoms with Gasteiger partial charge in [-0.25, -0.2) is 0 Å². The maximum atomic E-state index is 9.55. The number of aliphatic hydroxyl groups is 3. The van der Waals surface area contributed by atoms with Crippen LogP contribution < -0.4 is 0 Å². The molecule has 1 aliphatic rings. The van der Waals surface area contributed by atoms with Crippen LogP contribution in [-0.4, -0.2) is 53.1 Å². The van der Waals surface area contributed by atoms with Gasteiger partial charge in [-0.05, 0) is 6.42 Å². The fraction of sp³-hybridized carbons (Fsp3) is 1.00. The zero-order valence-corrected chi connectivity index (χ0v) is 7.80. The minimum atomic E-state index is -1.46. The number of aliphatic hydroxyl groups excluding tert-OH is 3. The van der Waals surface area contributed by atoms with E-state index in [0.29, 0.717) is 6.42 Å². The van der Waals surface area contributed by atoms with E-state index in [1.165, 1.54) is 7.11 Å². The summed E-state index contributed by atoms with van der Waals surface area (Å²) in [5.41, 5.74) is 0. The molecule has 78 valence electrons. The summed E-state index contributed by atoms with van der Waals surface area (Å²) >= 11 is 0. The van der Waals surface area contributed by atoms with Crippen molar-refractivity contribution in [1.82, 2.24) is 0 Å². The van der Waals surface area contributed by atoms with Crippen molar-refractivity contribution in [3.8, 4) is 0 Å². The maximum Gasteiger partial charge on any atom is 0.221 e. The Labute approximate surface area is 76.9 Å². The Morgan fingerprint density at radius 3 is 2.31 bits per heavy atom. The Morgan fingerprint density at radius 2 is 2.08 bits per heavy atom. The number of rotatable bonds is 3. The molecular weight excluding hydrogens is 176 g/mol. The summed E-state index contributed by atoms with van der Waals surface area (Å²) in [6.07, 6.45) is -2.13. The highest BCUT2D eigenvalue weighted by Gasteiger charge is 2.53. The third-order valence-corrected chi connectivity index (χ3v) is 2.47. The van der Waals surface area contributed by atoms with Gasteiger partial charge in [0.25, 0.3) is 0 Å². The van der Waals surface area contributed by atoms with Crippen LogP contribution in [0.25, 0.3) is 0 Å². The lowest BCUT2D eigenvalue weighted by Gasteiger charge is -2.27. The third-order valence-electron chi connectivity index (χ3n) is 2.47. The van der Waals surface area contributed by atoms with E-state index in [4.69, 9.17) is 14.6 Å². The molecule has 13 heavy (non-hydrogen) atoms. The van der Waals surface area contributed by atoms with Crippen molar-refractivity contribution < 1.29 is 24.8 Å². The van der Waals surface area contributed by atoms with Crippen molar-refractivity contribution in [2.75, 3.05) is 13.7 Å². The fourth-order valence-electron chi connectivity index (χ4n) is 1.55. The van der Waals surface area contributed by atoms with Gasteiger partial charge in [0, 0.05) is 7.11 Å². The Kier molecular flexibility index (Phi) is 3.26. The predicted molar refractivity (Wildman–Crippen MR) is 44.0 cm³/mol.